The van der Waals surface area contributed by atoms with E-state index in [1.165, 1.54) is 6.42 Å². The van der Waals surface area contributed by atoms with Crippen LogP contribution in [-0.4, -0.2) is 45.1 Å². The summed E-state index contributed by atoms with van der Waals surface area (Å²) in [6, 6.07) is 1.19. The van der Waals surface area contributed by atoms with Crippen molar-refractivity contribution < 1.29 is 0 Å². The Hall–Kier alpha value is -0.940. The molecule has 1 aromatic heterocycles. The molecule has 90 valence electrons. The van der Waals surface area contributed by atoms with Gasteiger partial charge in [0.25, 0.3) is 0 Å². The molecule has 0 bridgehead atoms. The van der Waals surface area contributed by atoms with Crippen LogP contribution < -0.4 is 5.32 Å². The fourth-order valence-electron chi connectivity index (χ4n) is 2.16. The number of rotatable bonds is 3. The molecule has 0 amide bonds. The maximum atomic E-state index is 4.15. The standard InChI is InChI=1S/C11H21N5/c1-4-10-7-16(9(2)5-12-10)8-11-6-15(3)14-13-11/h6,9-10,12H,4-5,7-8H2,1-3H3. The molecule has 0 radical (unpaired) electrons. The number of hydrogen-bond acceptors (Lipinski definition) is 4. The molecule has 1 aliphatic heterocycles. The minimum absolute atomic E-state index is 0.574. The second kappa shape index (κ2) is 4.93. The second-order valence-electron chi connectivity index (χ2n) is 4.68. The van der Waals surface area contributed by atoms with Gasteiger partial charge in [-0.2, -0.15) is 0 Å². The highest BCUT2D eigenvalue weighted by molar-refractivity contribution is 4.94. The van der Waals surface area contributed by atoms with E-state index >= 15 is 0 Å². The van der Waals surface area contributed by atoms with Gasteiger partial charge in [-0.05, 0) is 13.3 Å². The van der Waals surface area contributed by atoms with Crippen molar-refractivity contribution in [3.63, 3.8) is 0 Å². The minimum atomic E-state index is 0.574. The SMILES string of the molecule is CCC1CN(Cc2cn(C)nn2)C(C)CN1. The Morgan fingerprint density at radius 3 is 3.00 bits per heavy atom. The molecule has 1 fully saturated rings. The van der Waals surface area contributed by atoms with Crippen LogP contribution >= 0.6 is 0 Å². The van der Waals surface area contributed by atoms with Crippen molar-refractivity contribution in [3.05, 3.63) is 11.9 Å². The molecule has 1 saturated heterocycles. The average molecular weight is 223 g/mol. The summed E-state index contributed by atoms with van der Waals surface area (Å²) in [6.07, 6.45) is 3.18. The van der Waals surface area contributed by atoms with Gasteiger partial charge in [-0.25, -0.2) is 0 Å². The molecule has 2 atom stereocenters. The lowest BCUT2D eigenvalue weighted by atomic mass is 10.1. The predicted molar refractivity (Wildman–Crippen MR) is 63.0 cm³/mol. The van der Waals surface area contributed by atoms with Crippen molar-refractivity contribution in [1.82, 2.24) is 25.2 Å². The first-order chi connectivity index (χ1) is 7.69. The largest absolute Gasteiger partial charge is 0.311 e. The lowest BCUT2D eigenvalue weighted by Gasteiger charge is -2.38. The van der Waals surface area contributed by atoms with Gasteiger partial charge in [0.2, 0.25) is 0 Å². The van der Waals surface area contributed by atoms with E-state index in [0.717, 1.165) is 25.3 Å². The molecule has 16 heavy (non-hydrogen) atoms. The van der Waals surface area contributed by atoms with Gasteiger partial charge in [0.1, 0.15) is 0 Å². The lowest BCUT2D eigenvalue weighted by Crippen LogP contribution is -2.54. The predicted octanol–water partition coefficient (Wildman–Crippen LogP) is 0.387. The maximum Gasteiger partial charge on any atom is 0.0967 e. The van der Waals surface area contributed by atoms with Crippen LogP contribution in [0.1, 0.15) is 26.0 Å². The zero-order valence-corrected chi connectivity index (χ0v) is 10.3. The molecule has 2 unspecified atom stereocenters. The van der Waals surface area contributed by atoms with Gasteiger partial charge in [-0.1, -0.05) is 12.1 Å². The zero-order chi connectivity index (χ0) is 11.5. The van der Waals surface area contributed by atoms with E-state index in [2.05, 4.69) is 34.4 Å². The van der Waals surface area contributed by atoms with Crippen LogP contribution in [-0.2, 0) is 13.6 Å². The Bertz CT molecular complexity index is 335. The van der Waals surface area contributed by atoms with Crippen LogP contribution in [0.15, 0.2) is 6.20 Å². The zero-order valence-electron chi connectivity index (χ0n) is 10.3. The van der Waals surface area contributed by atoms with Crippen molar-refractivity contribution in [1.29, 1.82) is 0 Å². The Morgan fingerprint density at radius 2 is 2.38 bits per heavy atom. The third-order valence-electron chi connectivity index (χ3n) is 3.29. The van der Waals surface area contributed by atoms with Crippen molar-refractivity contribution in [2.24, 2.45) is 7.05 Å². The van der Waals surface area contributed by atoms with Crippen LogP contribution in [0.5, 0.6) is 0 Å². The van der Waals surface area contributed by atoms with Crippen molar-refractivity contribution >= 4 is 0 Å². The number of piperazine rings is 1. The first-order valence-corrected chi connectivity index (χ1v) is 6.01. The van der Waals surface area contributed by atoms with Crippen LogP contribution in [0, 0.1) is 0 Å². The molecular formula is C11H21N5. The van der Waals surface area contributed by atoms with E-state index in [0.29, 0.717) is 12.1 Å². The van der Waals surface area contributed by atoms with Gasteiger partial charge in [0.05, 0.1) is 5.69 Å². The highest BCUT2D eigenvalue weighted by Gasteiger charge is 2.24. The molecule has 0 spiro atoms. The van der Waals surface area contributed by atoms with Crippen LogP contribution in [0.25, 0.3) is 0 Å². The lowest BCUT2D eigenvalue weighted by molar-refractivity contribution is 0.130. The van der Waals surface area contributed by atoms with Crippen molar-refractivity contribution in [3.8, 4) is 0 Å². The molecule has 5 nitrogen and oxygen atoms in total. The normalized spacial score (nSPS) is 27.2. The minimum Gasteiger partial charge on any atom is -0.311 e. The number of aromatic nitrogens is 3. The molecule has 2 rings (SSSR count). The summed E-state index contributed by atoms with van der Waals surface area (Å²) in [4.78, 5) is 2.48. The summed E-state index contributed by atoms with van der Waals surface area (Å²) < 4.78 is 1.76. The summed E-state index contributed by atoms with van der Waals surface area (Å²) in [6.45, 7) is 7.57. The molecule has 0 aromatic carbocycles. The summed E-state index contributed by atoms with van der Waals surface area (Å²) in [7, 11) is 1.91. The quantitative estimate of drug-likeness (QED) is 0.805. The molecule has 1 aromatic rings. The number of nitrogens with one attached hydrogen (secondary N) is 1. The molecule has 5 heteroatoms. The molecule has 1 N–H and O–H groups in total. The van der Waals surface area contributed by atoms with E-state index in [4.69, 9.17) is 0 Å². The Morgan fingerprint density at radius 1 is 1.56 bits per heavy atom. The van der Waals surface area contributed by atoms with Gasteiger partial charge in [0, 0.05) is 45.0 Å². The Balaban J connectivity index is 1.96. The van der Waals surface area contributed by atoms with Crippen LogP contribution in [0.4, 0.5) is 0 Å². The second-order valence-corrected chi connectivity index (χ2v) is 4.68. The van der Waals surface area contributed by atoms with Gasteiger partial charge in [0.15, 0.2) is 0 Å². The van der Waals surface area contributed by atoms with Crippen LogP contribution in [0.3, 0.4) is 0 Å². The summed E-state index contributed by atoms with van der Waals surface area (Å²) in [5, 5.41) is 11.7. The van der Waals surface area contributed by atoms with Gasteiger partial charge < -0.3 is 5.32 Å². The molecule has 1 aliphatic rings. The monoisotopic (exact) mass is 223 g/mol. The third-order valence-corrected chi connectivity index (χ3v) is 3.29. The summed E-state index contributed by atoms with van der Waals surface area (Å²) in [5.41, 5.74) is 1.06. The van der Waals surface area contributed by atoms with E-state index in [9.17, 15) is 0 Å². The number of hydrogen-bond donors (Lipinski definition) is 1. The average Bonchev–Trinajstić information content (AvgIpc) is 2.67. The fraction of sp³-hybridized carbons (Fsp3) is 0.818. The number of aryl methyl sites for hydroxylation is 1. The Labute approximate surface area is 96.8 Å². The fourth-order valence-corrected chi connectivity index (χ4v) is 2.16. The van der Waals surface area contributed by atoms with E-state index in [1.54, 1.807) is 4.68 Å². The third kappa shape index (κ3) is 2.59. The van der Waals surface area contributed by atoms with Crippen LogP contribution in [0.2, 0.25) is 0 Å². The molecular weight excluding hydrogens is 202 g/mol. The first kappa shape index (κ1) is 11.5. The van der Waals surface area contributed by atoms with Crippen molar-refractivity contribution in [2.45, 2.75) is 38.9 Å². The molecule has 2 heterocycles. The van der Waals surface area contributed by atoms with E-state index in [1.807, 2.05) is 13.2 Å². The summed E-state index contributed by atoms with van der Waals surface area (Å²) >= 11 is 0. The summed E-state index contributed by atoms with van der Waals surface area (Å²) in [5.74, 6) is 0. The van der Waals surface area contributed by atoms with Gasteiger partial charge in [-0.3, -0.25) is 9.58 Å². The van der Waals surface area contributed by atoms with Crippen molar-refractivity contribution in [2.75, 3.05) is 13.1 Å². The molecule has 0 saturated carbocycles. The maximum absolute atomic E-state index is 4.15. The van der Waals surface area contributed by atoms with Gasteiger partial charge >= 0.3 is 0 Å². The topological polar surface area (TPSA) is 46.0 Å². The highest BCUT2D eigenvalue weighted by Crippen LogP contribution is 2.11. The number of nitrogens with zero attached hydrogens (tertiary/aromatic N) is 4. The van der Waals surface area contributed by atoms with E-state index < -0.39 is 0 Å². The first-order valence-electron chi connectivity index (χ1n) is 6.01. The highest BCUT2D eigenvalue weighted by atomic mass is 15.4. The van der Waals surface area contributed by atoms with E-state index in [-0.39, 0.29) is 0 Å². The van der Waals surface area contributed by atoms with Gasteiger partial charge in [-0.15, -0.1) is 5.10 Å². The molecule has 0 aliphatic carbocycles. The Kier molecular flexibility index (Phi) is 3.56. The smallest absolute Gasteiger partial charge is 0.0967 e.